The van der Waals surface area contributed by atoms with Crippen LogP contribution in [0, 0.1) is 22.2 Å². The molecule has 0 spiro atoms. The number of benzene rings is 2. The van der Waals surface area contributed by atoms with E-state index in [2.05, 4.69) is 4.98 Å². The Labute approximate surface area is 121 Å². The van der Waals surface area contributed by atoms with Gasteiger partial charge in [-0.2, -0.15) is 0 Å². The predicted octanol–water partition coefficient (Wildman–Crippen LogP) is 4.76. The maximum absolute atomic E-state index is 14.0. The molecule has 0 atom stereocenters. The van der Waals surface area contributed by atoms with Crippen LogP contribution in [0.15, 0.2) is 30.3 Å². The first-order valence-corrected chi connectivity index (χ1v) is 6.31. The van der Waals surface area contributed by atoms with Gasteiger partial charge in [-0.1, -0.05) is 11.6 Å². The van der Waals surface area contributed by atoms with Gasteiger partial charge in [0.15, 0.2) is 10.6 Å². The number of fused-ring (bicyclic) bond motifs is 1. The second-order valence-electron chi connectivity index (χ2n) is 4.15. The lowest BCUT2D eigenvalue weighted by atomic mass is 10.2. The number of nitrogens with one attached hydrogen (secondary N) is 1. The van der Waals surface area contributed by atoms with E-state index in [1.807, 2.05) is 0 Å². The highest BCUT2D eigenvalue weighted by Gasteiger charge is 2.16. The molecule has 0 saturated carbocycles. The average molecular weight is 315 g/mol. The Bertz CT molecular complexity index is 862. The maximum Gasteiger partial charge on any atom is 0.182 e. The normalized spacial score (nSPS) is 11.2. The highest BCUT2D eigenvalue weighted by atomic mass is 35.5. The van der Waals surface area contributed by atoms with Crippen molar-refractivity contribution in [2.45, 2.75) is 0 Å². The Morgan fingerprint density at radius 3 is 2.50 bits per heavy atom. The standard InChI is InChI=1S/C13H6ClF3N2S/c14-8-3-7(16)4-9(17)12(8)19-11-5-6(15)1-2-10(11)18-13(19)20/h1-5H,(H,18,20). The van der Waals surface area contributed by atoms with E-state index in [9.17, 15) is 13.2 Å². The number of rotatable bonds is 1. The second kappa shape index (κ2) is 4.64. The monoisotopic (exact) mass is 314 g/mol. The van der Waals surface area contributed by atoms with Crippen molar-refractivity contribution in [1.82, 2.24) is 9.55 Å². The third-order valence-corrected chi connectivity index (χ3v) is 3.42. The molecule has 0 radical (unpaired) electrons. The largest absolute Gasteiger partial charge is 0.330 e. The quantitative estimate of drug-likeness (QED) is 0.642. The number of nitrogens with zero attached hydrogens (tertiary/aromatic N) is 1. The summed E-state index contributed by atoms with van der Waals surface area (Å²) in [5.74, 6) is -2.18. The van der Waals surface area contributed by atoms with E-state index in [0.29, 0.717) is 17.1 Å². The molecule has 1 N–H and O–H groups in total. The Balaban J connectivity index is 2.44. The molecule has 102 valence electrons. The summed E-state index contributed by atoms with van der Waals surface area (Å²) in [5.41, 5.74) is 0.730. The van der Waals surface area contributed by atoms with Crippen LogP contribution >= 0.6 is 23.8 Å². The lowest BCUT2D eigenvalue weighted by Gasteiger charge is -2.08. The molecule has 0 saturated heterocycles. The van der Waals surface area contributed by atoms with Gasteiger partial charge in [0, 0.05) is 12.1 Å². The molecule has 2 aromatic carbocycles. The van der Waals surface area contributed by atoms with Gasteiger partial charge in [0.25, 0.3) is 0 Å². The van der Waals surface area contributed by atoms with Crippen LogP contribution in [0.5, 0.6) is 0 Å². The van der Waals surface area contributed by atoms with E-state index < -0.39 is 17.5 Å². The summed E-state index contributed by atoms with van der Waals surface area (Å²) in [4.78, 5) is 2.81. The minimum absolute atomic E-state index is 0.116. The Hall–Kier alpha value is -1.79. The molecule has 0 fully saturated rings. The SMILES string of the molecule is Fc1cc(F)c(-n2c(=S)[nH]c3ccc(F)cc32)c(Cl)c1. The van der Waals surface area contributed by atoms with Crippen molar-refractivity contribution >= 4 is 34.9 Å². The van der Waals surface area contributed by atoms with Crippen molar-refractivity contribution in [1.29, 1.82) is 0 Å². The molecule has 3 rings (SSSR count). The summed E-state index contributed by atoms with van der Waals surface area (Å²) >= 11 is 11.0. The molecule has 1 aromatic heterocycles. The van der Waals surface area contributed by atoms with E-state index in [0.717, 1.165) is 6.07 Å². The van der Waals surface area contributed by atoms with Gasteiger partial charge >= 0.3 is 0 Å². The summed E-state index contributed by atoms with van der Waals surface area (Å²) in [7, 11) is 0. The number of hydrogen-bond donors (Lipinski definition) is 1. The highest BCUT2D eigenvalue weighted by molar-refractivity contribution is 7.71. The first-order chi connectivity index (χ1) is 9.47. The van der Waals surface area contributed by atoms with Crippen molar-refractivity contribution in [2.75, 3.05) is 0 Å². The van der Waals surface area contributed by atoms with Gasteiger partial charge in [0.2, 0.25) is 0 Å². The van der Waals surface area contributed by atoms with Crippen molar-refractivity contribution < 1.29 is 13.2 Å². The molecule has 20 heavy (non-hydrogen) atoms. The number of hydrogen-bond acceptors (Lipinski definition) is 1. The molecular formula is C13H6ClF3N2S. The van der Waals surface area contributed by atoms with E-state index in [1.54, 1.807) is 0 Å². The van der Waals surface area contributed by atoms with Gasteiger partial charge in [-0.3, -0.25) is 4.57 Å². The summed E-state index contributed by atoms with van der Waals surface area (Å²) in [6.45, 7) is 0. The van der Waals surface area contributed by atoms with Crippen LogP contribution in [0.2, 0.25) is 5.02 Å². The van der Waals surface area contributed by atoms with Crippen LogP contribution < -0.4 is 0 Å². The van der Waals surface area contributed by atoms with Crippen molar-refractivity contribution in [3.63, 3.8) is 0 Å². The van der Waals surface area contributed by atoms with Gasteiger partial charge in [-0.05, 0) is 30.4 Å². The number of aromatic nitrogens is 2. The Morgan fingerprint density at radius 1 is 1.05 bits per heavy atom. The molecule has 0 bridgehead atoms. The first kappa shape index (κ1) is 13.2. The summed E-state index contributed by atoms with van der Waals surface area (Å²) in [5, 5.41) is -0.149. The van der Waals surface area contributed by atoms with Gasteiger partial charge in [-0.15, -0.1) is 0 Å². The molecule has 0 aliphatic heterocycles. The van der Waals surface area contributed by atoms with E-state index in [4.69, 9.17) is 23.8 Å². The lowest BCUT2D eigenvalue weighted by molar-refractivity contribution is 0.578. The number of halogens is 4. The fourth-order valence-electron chi connectivity index (χ4n) is 2.05. The fourth-order valence-corrected chi connectivity index (χ4v) is 2.62. The van der Waals surface area contributed by atoms with Gasteiger partial charge in [0.1, 0.15) is 17.3 Å². The minimum Gasteiger partial charge on any atom is -0.330 e. The third kappa shape index (κ3) is 2.01. The molecule has 1 heterocycles. The lowest BCUT2D eigenvalue weighted by Crippen LogP contribution is -2.00. The molecule has 7 heteroatoms. The zero-order chi connectivity index (χ0) is 14.4. The maximum atomic E-state index is 14.0. The van der Waals surface area contributed by atoms with Crippen molar-refractivity contribution in [3.05, 3.63) is 57.6 Å². The van der Waals surface area contributed by atoms with Crippen LogP contribution in [0.1, 0.15) is 0 Å². The average Bonchev–Trinajstić information content (AvgIpc) is 2.65. The van der Waals surface area contributed by atoms with Crippen LogP contribution in [0.4, 0.5) is 13.2 Å². The Morgan fingerprint density at radius 2 is 1.80 bits per heavy atom. The summed E-state index contributed by atoms with van der Waals surface area (Å²) in [6.07, 6.45) is 0. The fraction of sp³-hybridized carbons (Fsp3) is 0. The van der Waals surface area contributed by atoms with Crippen molar-refractivity contribution in [2.24, 2.45) is 0 Å². The van der Waals surface area contributed by atoms with Crippen LogP contribution in [-0.2, 0) is 0 Å². The van der Waals surface area contributed by atoms with Gasteiger partial charge in [-0.25, -0.2) is 13.2 Å². The molecule has 2 nitrogen and oxygen atoms in total. The molecule has 0 amide bonds. The first-order valence-electron chi connectivity index (χ1n) is 5.52. The summed E-state index contributed by atoms with van der Waals surface area (Å²) < 4.78 is 41.8. The number of imidazole rings is 1. The van der Waals surface area contributed by atoms with Gasteiger partial charge in [0.05, 0.1) is 16.1 Å². The smallest absolute Gasteiger partial charge is 0.182 e. The molecule has 0 unspecified atom stereocenters. The number of aromatic amines is 1. The zero-order valence-electron chi connectivity index (χ0n) is 9.75. The highest BCUT2D eigenvalue weighted by Crippen LogP contribution is 2.29. The molecule has 0 aliphatic carbocycles. The molecule has 0 aliphatic rings. The molecule has 3 aromatic rings. The summed E-state index contributed by atoms with van der Waals surface area (Å²) in [6, 6.07) is 5.59. The van der Waals surface area contributed by atoms with Crippen molar-refractivity contribution in [3.8, 4) is 5.69 Å². The van der Waals surface area contributed by atoms with E-state index in [1.165, 1.54) is 22.8 Å². The zero-order valence-corrected chi connectivity index (χ0v) is 11.3. The van der Waals surface area contributed by atoms with Gasteiger partial charge < -0.3 is 4.98 Å². The van der Waals surface area contributed by atoms with E-state index >= 15 is 0 Å². The third-order valence-electron chi connectivity index (χ3n) is 2.85. The van der Waals surface area contributed by atoms with Crippen LogP contribution in [0.3, 0.4) is 0 Å². The predicted molar refractivity (Wildman–Crippen MR) is 73.3 cm³/mol. The molecular weight excluding hydrogens is 309 g/mol. The topological polar surface area (TPSA) is 20.7 Å². The van der Waals surface area contributed by atoms with Crippen LogP contribution in [0.25, 0.3) is 16.7 Å². The Kier molecular flexibility index (Phi) is 3.07. The van der Waals surface area contributed by atoms with E-state index in [-0.39, 0.29) is 15.5 Å². The second-order valence-corrected chi connectivity index (χ2v) is 4.94. The van der Waals surface area contributed by atoms with Crippen LogP contribution in [-0.4, -0.2) is 9.55 Å². The number of H-pyrrole nitrogens is 1. The minimum atomic E-state index is -0.878.